The van der Waals surface area contributed by atoms with Crippen LogP contribution >= 0.6 is 38.5 Å². The van der Waals surface area contributed by atoms with E-state index in [9.17, 15) is 9.59 Å². The normalized spacial score (nSPS) is 30.6. The summed E-state index contributed by atoms with van der Waals surface area (Å²) >= 11 is 5.63. The predicted molar refractivity (Wildman–Crippen MR) is 138 cm³/mol. The SMILES string of the molecule is COc1cc(/C=N\N2C(=O)[C@@H]3[C@H]4C=C[C@@H]([C@@H]5C[C@H]45)[C@H]3C2=O)cc(I)c1OCc1ccc(Br)cc1. The number of imide groups is 1. The fourth-order valence-electron chi connectivity index (χ4n) is 5.87. The summed E-state index contributed by atoms with van der Waals surface area (Å²) in [6.07, 6.45) is 7.04. The van der Waals surface area contributed by atoms with Crippen molar-refractivity contribution < 1.29 is 19.1 Å². The van der Waals surface area contributed by atoms with E-state index >= 15 is 0 Å². The quantitative estimate of drug-likeness (QED) is 0.194. The number of halogens is 2. The van der Waals surface area contributed by atoms with Crippen molar-refractivity contribution in [2.75, 3.05) is 7.11 Å². The van der Waals surface area contributed by atoms with Crippen molar-refractivity contribution in [3.8, 4) is 11.5 Å². The number of ether oxygens (including phenoxy) is 2. The van der Waals surface area contributed by atoms with Crippen LogP contribution in [0.3, 0.4) is 0 Å². The minimum absolute atomic E-state index is 0.160. The molecule has 8 heteroatoms. The lowest BCUT2D eigenvalue weighted by atomic mass is 9.63. The van der Waals surface area contributed by atoms with Crippen molar-refractivity contribution in [1.29, 1.82) is 0 Å². The van der Waals surface area contributed by atoms with E-state index in [-0.39, 0.29) is 35.5 Å². The highest BCUT2D eigenvalue weighted by Gasteiger charge is 2.67. The van der Waals surface area contributed by atoms with Gasteiger partial charge in [0.2, 0.25) is 0 Å². The van der Waals surface area contributed by atoms with Gasteiger partial charge >= 0.3 is 0 Å². The zero-order valence-electron chi connectivity index (χ0n) is 18.4. The molecule has 6 nitrogen and oxygen atoms in total. The van der Waals surface area contributed by atoms with Crippen LogP contribution in [-0.2, 0) is 16.2 Å². The topological polar surface area (TPSA) is 68.2 Å². The van der Waals surface area contributed by atoms with Crippen molar-refractivity contribution in [3.05, 3.63) is 67.7 Å². The molecule has 0 radical (unpaired) electrons. The van der Waals surface area contributed by atoms with E-state index in [1.807, 2.05) is 30.3 Å². The van der Waals surface area contributed by atoms with Gasteiger partial charge in [0.25, 0.3) is 11.8 Å². The van der Waals surface area contributed by atoms with Gasteiger partial charge in [-0.1, -0.05) is 40.2 Å². The van der Waals surface area contributed by atoms with Gasteiger partial charge in [0.05, 0.1) is 28.7 Å². The summed E-state index contributed by atoms with van der Waals surface area (Å²) < 4.78 is 13.5. The maximum atomic E-state index is 13.1. The smallest absolute Gasteiger partial charge is 0.254 e. The standard InChI is InChI=1S/C26H22BrIN2O4/c1-33-21-9-14(8-20(28)24(21)34-12-13-2-4-15(27)5-3-13)11-29-30-25(31)22-16-6-7-17(19-10-18(16)19)23(22)26(30)32/h2-9,11,16-19,22-23H,10,12H2,1H3/b29-11-/t16-,17-,18-,19+,22+,23+/m0/s1. The van der Waals surface area contributed by atoms with E-state index in [0.29, 0.717) is 29.9 Å². The van der Waals surface area contributed by atoms with Crippen LogP contribution in [-0.4, -0.2) is 30.1 Å². The Kier molecular flexibility index (Phi) is 5.55. The van der Waals surface area contributed by atoms with Gasteiger partial charge in [0, 0.05) is 4.47 Å². The van der Waals surface area contributed by atoms with E-state index in [2.05, 4.69) is 55.8 Å². The number of hydrogen-bond donors (Lipinski definition) is 0. The molecule has 2 aromatic carbocycles. The fourth-order valence-corrected chi connectivity index (χ4v) is 6.92. The Labute approximate surface area is 219 Å². The highest BCUT2D eigenvalue weighted by molar-refractivity contribution is 14.1. The lowest BCUT2D eigenvalue weighted by molar-refractivity contribution is -0.140. The highest BCUT2D eigenvalue weighted by Crippen LogP contribution is 2.65. The predicted octanol–water partition coefficient (Wildman–Crippen LogP) is 5.03. The fraction of sp³-hybridized carbons (Fsp3) is 0.346. The molecule has 0 aromatic heterocycles. The molecule has 3 fully saturated rings. The maximum Gasteiger partial charge on any atom is 0.254 e. The number of nitrogens with zero attached hydrogens (tertiary/aromatic N) is 2. The van der Waals surface area contributed by atoms with Gasteiger partial charge in [-0.3, -0.25) is 9.59 Å². The highest BCUT2D eigenvalue weighted by atomic mass is 127. The van der Waals surface area contributed by atoms with Crippen LogP contribution in [0.2, 0.25) is 0 Å². The van der Waals surface area contributed by atoms with Gasteiger partial charge in [-0.15, -0.1) is 0 Å². The minimum atomic E-state index is -0.243. The first-order valence-electron chi connectivity index (χ1n) is 11.3. The lowest BCUT2D eigenvalue weighted by Crippen LogP contribution is -2.40. The third kappa shape index (κ3) is 3.61. The van der Waals surface area contributed by atoms with Crippen molar-refractivity contribution in [2.24, 2.45) is 40.6 Å². The van der Waals surface area contributed by atoms with E-state index < -0.39 is 0 Å². The molecule has 0 N–H and O–H groups in total. The van der Waals surface area contributed by atoms with Crippen LogP contribution in [0.1, 0.15) is 17.5 Å². The van der Waals surface area contributed by atoms with Crippen LogP contribution in [0.4, 0.5) is 0 Å². The van der Waals surface area contributed by atoms with Gasteiger partial charge in [-0.2, -0.15) is 10.1 Å². The molecule has 0 spiro atoms. The van der Waals surface area contributed by atoms with Crippen LogP contribution in [0.25, 0.3) is 0 Å². The van der Waals surface area contributed by atoms with Crippen LogP contribution in [0.5, 0.6) is 11.5 Å². The summed E-state index contributed by atoms with van der Waals surface area (Å²) in [5.41, 5.74) is 1.77. The molecule has 2 aromatic rings. The summed E-state index contributed by atoms with van der Waals surface area (Å²) in [5.74, 6) is 1.95. The second kappa shape index (κ2) is 8.48. The average molecular weight is 633 g/mol. The van der Waals surface area contributed by atoms with Crippen molar-refractivity contribution in [1.82, 2.24) is 5.01 Å². The third-order valence-corrected chi connectivity index (χ3v) is 8.84. The summed E-state index contributed by atoms with van der Waals surface area (Å²) in [6.45, 7) is 0.408. The Morgan fingerprint density at radius 1 is 1.09 bits per heavy atom. The van der Waals surface area contributed by atoms with Gasteiger partial charge in [0.1, 0.15) is 6.61 Å². The second-order valence-corrected chi connectivity index (χ2v) is 11.4. The number of hydrazone groups is 1. The summed E-state index contributed by atoms with van der Waals surface area (Å²) in [4.78, 5) is 26.2. The van der Waals surface area contributed by atoms with Crippen molar-refractivity contribution >= 4 is 56.5 Å². The molecule has 1 heterocycles. The molecule has 34 heavy (non-hydrogen) atoms. The number of rotatable bonds is 6. The lowest BCUT2D eigenvalue weighted by Gasteiger charge is -2.37. The Morgan fingerprint density at radius 3 is 2.35 bits per heavy atom. The molecule has 4 aliphatic carbocycles. The molecule has 1 aliphatic heterocycles. The van der Waals surface area contributed by atoms with Crippen molar-refractivity contribution in [3.63, 3.8) is 0 Å². The van der Waals surface area contributed by atoms with E-state index in [0.717, 1.165) is 30.6 Å². The number of carbonyl (C=O) groups excluding carboxylic acids is 2. The summed E-state index contributed by atoms with van der Waals surface area (Å²) in [5, 5.41) is 5.44. The zero-order valence-corrected chi connectivity index (χ0v) is 22.1. The molecule has 1 saturated heterocycles. The molecule has 0 unspecified atom stereocenters. The summed E-state index contributed by atoms with van der Waals surface area (Å²) in [7, 11) is 1.59. The number of allylic oxidation sites excluding steroid dienone is 2. The first-order chi connectivity index (χ1) is 16.5. The van der Waals surface area contributed by atoms with E-state index in [4.69, 9.17) is 9.47 Å². The molecule has 5 aliphatic rings. The number of carbonyl (C=O) groups is 2. The van der Waals surface area contributed by atoms with Gasteiger partial charge in [-0.25, -0.2) is 0 Å². The average Bonchev–Trinajstić information content (AvgIpc) is 3.62. The van der Waals surface area contributed by atoms with Crippen LogP contribution < -0.4 is 9.47 Å². The zero-order chi connectivity index (χ0) is 23.6. The molecule has 7 rings (SSSR count). The van der Waals surface area contributed by atoms with E-state index in [1.54, 1.807) is 19.4 Å². The number of hydrogen-bond acceptors (Lipinski definition) is 5. The Balaban J connectivity index is 1.20. The molecule has 2 saturated carbocycles. The maximum absolute atomic E-state index is 13.1. The Hall–Kier alpha value is -2.20. The number of benzene rings is 2. The Bertz CT molecular complexity index is 1210. The first kappa shape index (κ1) is 22.3. The molecular weight excluding hydrogens is 611 g/mol. The monoisotopic (exact) mass is 632 g/mol. The minimum Gasteiger partial charge on any atom is -0.493 e. The molecule has 2 amide bonds. The Morgan fingerprint density at radius 2 is 1.74 bits per heavy atom. The second-order valence-electron chi connectivity index (χ2n) is 9.34. The third-order valence-electron chi connectivity index (χ3n) is 7.51. The van der Waals surface area contributed by atoms with Crippen LogP contribution in [0.15, 0.2) is 58.1 Å². The van der Waals surface area contributed by atoms with Gasteiger partial charge < -0.3 is 9.47 Å². The molecular formula is C26H22BrIN2O4. The molecule has 6 atom stereocenters. The van der Waals surface area contributed by atoms with E-state index in [1.165, 1.54) is 0 Å². The largest absolute Gasteiger partial charge is 0.493 e. The van der Waals surface area contributed by atoms with Gasteiger partial charge in [0.15, 0.2) is 11.5 Å². The van der Waals surface area contributed by atoms with Crippen molar-refractivity contribution in [2.45, 2.75) is 13.0 Å². The van der Waals surface area contributed by atoms with Gasteiger partial charge in [-0.05, 0) is 88.1 Å². The number of methoxy groups -OCH3 is 1. The molecule has 2 bridgehead atoms. The van der Waals surface area contributed by atoms with Crippen LogP contribution in [0, 0.1) is 39.1 Å². The summed E-state index contributed by atoms with van der Waals surface area (Å²) in [6, 6.07) is 11.7. The molecule has 174 valence electrons. The first-order valence-corrected chi connectivity index (χ1v) is 13.2. The number of amides is 2.